The molecule has 2 rings (SSSR count). The molecule has 0 fully saturated rings. The summed E-state index contributed by atoms with van der Waals surface area (Å²) in [6.07, 6.45) is -2.17. The molecule has 0 bridgehead atoms. The van der Waals surface area contributed by atoms with E-state index in [1.54, 1.807) is 12.1 Å². The zero-order valence-corrected chi connectivity index (χ0v) is 17.0. The van der Waals surface area contributed by atoms with Gasteiger partial charge in [-0.15, -0.1) is 0 Å². The molecule has 3 N–H and O–H groups in total. The number of ether oxygens (including phenoxy) is 2. The molecule has 8 nitrogen and oxygen atoms in total. The number of esters is 1. The summed E-state index contributed by atoms with van der Waals surface area (Å²) < 4.78 is 22.8. The van der Waals surface area contributed by atoms with Gasteiger partial charge in [-0.2, -0.15) is 0 Å². The fourth-order valence-corrected chi connectivity index (χ4v) is 2.71. The van der Waals surface area contributed by atoms with Crippen LogP contribution >= 0.6 is 0 Å². The lowest BCUT2D eigenvalue weighted by atomic mass is 10.1. The maximum absolute atomic E-state index is 13.0. The van der Waals surface area contributed by atoms with Gasteiger partial charge < -0.3 is 25.2 Å². The third kappa shape index (κ3) is 8.83. The first kappa shape index (κ1) is 23.8. The minimum Gasteiger partial charge on any atom is -0.467 e. The lowest BCUT2D eigenvalue weighted by Gasteiger charge is -2.18. The summed E-state index contributed by atoms with van der Waals surface area (Å²) in [5.74, 6) is -1.69. The smallest absolute Gasteiger partial charge is 0.407 e. The highest BCUT2D eigenvalue weighted by atomic mass is 19.1. The number of benzene rings is 2. The van der Waals surface area contributed by atoms with Crippen LogP contribution in [0, 0.1) is 5.82 Å². The summed E-state index contributed by atoms with van der Waals surface area (Å²) in [5.41, 5.74) is 1.44. The summed E-state index contributed by atoms with van der Waals surface area (Å²) in [5, 5.41) is 14.9. The van der Waals surface area contributed by atoms with E-state index in [1.165, 1.54) is 31.4 Å². The molecule has 0 aliphatic rings. The van der Waals surface area contributed by atoms with E-state index in [0.29, 0.717) is 5.56 Å². The molecule has 2 atom stereocenters. The average molecular weight is 432 g/mol. The van der Waals surface area contributed by atoms with E-state index < -0.39 is 35.9 Å². The number of carbonyl (C=O) groups excluding carboxylic acids is 3. The number of hydrogen-bond donors (Lipinski definition) is 3. The zero-order valence-electron chi connectivity index (χ0n) is 17.0. The van der Waals surface area contributed by atoms with Crippen LogP contribution in [0.15, 0.2) is 54.6 Å². The Labute approximate surface area is 179 Å². The molecule has 166 valence electrons. The first-order valence-corrected chi connectivity index (χ1v) is 9.61. The molecule has 0 heterocycles. The number of alkyl carbamates (subject to hydrolysis) is 1. The van der Waals surface area contributed by atoms with Crippen molar-refractivity contribution in [3.8, 4) is 0 Å². The van der Waals surface area contributed by atoms with Crippen molar-refractivity contribution in [2.75, 3.05) is 13.7 Å². The summed E-state index contributed by atoms with van der Waals surface area (Å²) in [4.78, 5) is 35.9. The average Bonchev–Trinajstić information content (AvgIpc) is 2.77. The molecule has 0 aliphatic heterocycles. The minimum absolute atomic E-state index is 0.0768. The summed E-state index contributed by atoms with van der Waals surface area (Å²) in [6.45, 7) is -0.130. The number of carbonyl (C=O) groups is 3. The highest BCUT2D eigenvalue weighted by molar-refractivity contribution is 5.84. The normalized spacial score (nSPS) is 12.4. The van der Waals surface area contributed by atoms with E-state index in [0.717, 1.165) is 5.56 Å². The Morgan fingerprint density at radius 2 is 1.71 bits per heavy atom. The van der Waals surface area contributed by atoms with E-state index in [4.69, 9.17) is 9.47 Å². The quantitative estimate of drug-likeness (QED) is 0.493. The van der Waals surface area contributed by atoms with Gasteiger partial charge in [-0.1, -0.05) is 42.5 Å². The molecular formula is C22H25FN2O6. The van der Waals surface area contributed by atoms with Crippen LogP contribution in [0.5, 0.6) is 0 Å². The Balaban J connectivity index is 1.76. The lowest BCUT2D eigenvalue weighted by Crippen LogP contribution is -2.45. The van der Waals surface area contributed by atoms with Crippen molar-refractivity contribution >= 4 is 18.0 Å². The second-order valence-corrected chi connectivity index (χ2v) is 6.77. The van der Waals surface area contributed by atoms with Crippen molar-refractivity contribution in [1.29, 1.82) is 0 Å². The largest absolute Gasteiger partial charge is 0.467 e. The molecule has 2 aromatic rings. The first-order valence-electron chi connectivity index (χ1n) is 9.61. The number of halogens is 1. The predicted molar refractivity (Wildman–Crippen MR) is 109 cm³/mol. The summed E-state index contributed by atoms with van der Waals surface area (Å²) in [6, 6.07) is 13.6. The Morgan fingerprint density at radius 3 is 2.35 bits per heavy atom. The van der Waals surface area contributed by atoms with Crippen molar-refractivity contribution in [3.05, 3.63) is 71.5 Å². The van der Waals surface area contributed by atoms with Crippen molar-refractivity contribution in [2.45, 2.75) is 31.6 Å². The van der Waals surface area contributed by atoms with E-state index in [9.17, 15) is 23.9 Å². The van der Waals surface area contributed by atoms with Crippen LogP contribution in [-0.2, 0) is 32.1 Å². The van der Waals surface area contributed by atoms with Gasteiger partial charge in [0, 0.05) is 13.0 Å². The molecule has 0 aliphatic carbocycles. The number of methoxy groups -OCH3 is 1. The fraction of sp³-hybridized carbons (Fsp3) is 0.318. The van der Waals surface area contributed by atoms with Crippen LogP contribution in [0.2, 0.25) is 0 Å². The Morgan fingerprint density at radius 1 is 1.03 bits per heavy atom. The number of nitrogens with one attached hydrogen (secondary N) is 2. The topological polar surface area (TPSA) is 114 Å². The minimum atomic E-state index is -1.19. The molecule has 0 saturated heterocycles. The molecule has 31 heavy (non-hydrogen) atoms. The van der Waals surface area contributed by atoms with Gasteiger partial charge in [0.15, 0.2) is 0 Å². The van der Waals surface area contributed by atoms with E-state index in [1.807, 2.05) is 18.2 Å². The van der Waals surface area contributed by atoms with Crippen molar-refractivity contribution in [2.24, 2.45) is 0 Å². The van der Waals surface area contributed by atoms with Crippen LogP contribution in [-0.4, -0.2) is 48.9 Å². The van der Waals surface area contributed by atoms with Crippen molar-refractivity contribution in [3.63, 3.8) is 0 Å². The maximum Gasteiger partial charge on any atom is 0.407 e. The maximum atomic E-state index is 13.0. The van der Waals surface area contributed by atoms with Crippen LogP contribution in [0.25, 0.3) is 0 Å². The molecule has 2 amide bonds. The molecule has 2 aromatic carbocycles. The highest BCUT2D eigenvalue weighted by Gasteiger charge is 2.23. The van der Waals surface area contributed by atoms with E-state index >= 15 is 0 Å². The second kappa shape index (κ2) is 12.3. The number of hydrogen-bond acceptors (Lipinski definition) is 6. The van der Waals surface area contributed by atoms with Gasteiger partial charge in [0.1, 0.15) is 18.5 Å². The van der Waals surface area contributed by atoms with Gasteiger partial charge >= 0.3 is 12.1 Å². The van der Waals surface area contributed by atoms with Crippen LogP contribution < -0.4 is 10.6 Å². The van der Waals surface area contributed by atoms with Gasteiger partial charge in [0.05, 0.1) is 19.6 Å². The van der Waals surface area contributed by atoms with Gasteiger partial charge in [0.25, 0.3) is 0 Å². The molecule has 9 heteroatoms. The Bertz CT molecular complexity index is 860. The number of aliphatic hydroxyl groups excluding tert-OH is 1. The lowest BCUT2D eigenvalue weighted by molar-refractivity contribution is -0.145. The molecule has 0 spiro atoms. The SMILES string of the molecule is COC(=O)[C@H](Cc1ccc(F)cc1)NC(=O)C[C@@H](O)CNC(=O)OCc1ccccc1. The van der Waals surface area contributed by atoms with Crippen molar-refractivity contribution in [1.82, 2.24) is 10.6 Å². The number of aliphatic hydroxyl groups is 1. The fourth-order valence-electron chi connectivity index (χ4n) is 2.71. The van der Waals surface area contributed by atoms with Gasteiger partial charge in [0.2, 0.25) is 5.91 Å². The van der Waals surface area contributed by atoms with Gasteiger partial charge in [-0.3, -0.25) is 4.79 Å². The molecule has 0 saturated carbocycles. The van der Waals surface area contributed by atoms with Crippen LogP contribution in [0.3, 0.4) is 0 Å². The first-order chi connectivity index (χ1) is 14.9. The Kier molecular flexibility index (Phi) is 9.44. The van der Waals surface area contributed by atoms with E-state index in [-0.39, 0.29) is 26.0 Å². The van der Waals surface area contributed by atoms with E-state index in [2.05, 4.69) is 10.6 Å². The Hall–Kier alpha value is -3.46. The number of amides is 2. The van der Waals surface area contributed by atoms with Gasteiger partial charge in [-0.25, -0.2) is 14.0 Å². The predicted octanol–water partition coefficient (Wildman–Crippen LogP) is 1.70. The standard InChI is InChI=1S/C22H25FN2O6/c1-30-21(28)19(11-15-7-9-17(23)10-8-15)25-20(27)12-18(26)13-24-22(29)31-14-16-5-3-2-4-6-16/h2-10,18-19,26H,11-14H2,1H3,(H,24,29)(H,25,27)/t18-,19+/m1/s1. The molecule has 0 radical (unpaired) electrons. The second-order valence-electron chi connectivity index (χ2n) is 6.77. The third-order valence-electron chi connectivity index (χ3n) is 4.29. The number of rotatable bonds is 10. The monoisotopic (exact) mass is 432 g/mol. The van der Waals surface area contributed by atoms with Gasteiger partial charge in [-0.05, 0) is 23.3 Å². The molecule has 0 aromatic heterocycles. The summed E-state index contributed by atoms with van der Waals surface area (Å²) >= 11 is 0. The van der Waals surface area contributed by atoms with Crippen LogP contribution in [0.4, 0.5) is 9.18 Å². The zero-order chi connectivity index (χ0) is 22.6. The third-order valence-corrected chi connectivity index (χ3v) is 4.29. The molecular weight excluding hydrogens is 407 g/mol. The molecule has 0 unspecified atom stereocenters. The van der Waals surface area contributed by atoms with Crippen molar-refractivity contribution < 1.29 is 33.4 Å². The summed E-state index contributed by atoms with van der Waals surface area (Å²) in [7, 11) is 1.19. The van der Waals surface area contributed by atoms with Crippen LogP contribution in [0.1, 0.15) is 17.5 Å². The highest BCUT2D eigenvalue weighted by Crippen LogP contribution is 2.08.